The van der Waals surface area contributed by atoms with Gasteiger partial charge in [-0.3, -0.25) is 0 Å². The molecule has 0 aromatic rings. The van der Waals surface area contributed by atoms with Crippen LogP contribution in [0, 0.1) is 6.92 Å². The summed E-state index contributed by atoms with van der Waals surface area (Å²) in [6.07, 6.45) is 1.10. The van der Waals surface area contributed by atoms with Crippen molar-refractivity contribution in [3.63, 3.8) is 0 Å². The van der Waals surface area contributed by atoms with Crippen LogP contribution < -0.4 is 18.9 Å². The van der Waals surface area contributed by atoms with Crippen molar-refractivity contribution in [3.8, 4) is 0 Å². The Labute approximate surface area is 61.1 Å². The van der Waals surface area contributed by atoms with Gasteiger partial charge in [0.1, 0.15) is 0 Å². The van der Waals surface area contributed by atoms with E-state index in [2.05, 4.69) is 18.2 Å². The second-order valence-electron chi connectivity index (χ2n) is 0.872. The molecule has 0 N–H and O–H groups in total. The molecule has 40 valence electrons. The maximum Gasteiger partial charge on any atom is 1.00 e. The molecule has 8 heavy (non-hydrogen) atoms. The molecule has 0 bridgehead atoms. The predicted molar refractivity (Wildman–Crippen MR) is 26.5 cm³/mol. The summed E-state index contributed by atoms with van der Waals surface area (Å²) in [6.45, 7) is 6.63. The second kappa shape index (κ2) is 6.81. The van der Waals surface area contributed by atoms with Gasteiger partial charge in [0.15, 0.2) is 0 Å². The summed E-state index contributed by atoms with van der Waals surface area (Å²) >= 11 is 0. The minimum Gasteiger partial charge on any atom is -0.496 e. The van der Waals surface area contributed by atoms with Gasteiger partial charge in [0.25, 0.3) is 0 Å². The molecule has 0 unspecified atom stereocenters. The van der Waals surface area contributed by atoms with E-state index in [9.17, 15) is 4.79 Å². The average molecular weight is 106 g/mol. The van der Waals surface area contributed by atoms with Gasteiger partial charge in [-0.2, -0.15) is 0 Å². The molecule has 0 aliphatic carbocycles. The maximum absolute atomic E-state index is 10.0. The molecule has 0 amide bonds. The van der Waals surface area contributed by atoms with E-state index < -0.39 is 5.97 Å². The zero-order chi connectivity index (χ0) is 5.70. The van der Waals surface area contributed by atoms with Crippen LogP contribution in [0.2, 0.25) is 0 Å². The van der Waals surface area contributed by atoms with E-state index >= 15 is 0 Å². The Morgan fingerprint density at radius 3 is 2.50 bits per heavy atom. The van der Waals surface area contributed by atoms with Crippen molar-refractivity contribution in [1.82, 2.24) is 0 Å². The van der Waals surface area contributed by atoms with Gasteiger partial charge < -0.3 is 11.7 Å². The van der Waals surface area contributed by atoms with Crippen molar-refractivity contribution < 1.29 is 28.4 Å². The van der Waals surface area contributed by atoms with Gasteiger partial charge in [-0.25, -0.2) is 4.79 Å². The molecule has 0 heterocycles. The number of rotatable bonds is 2. The minimum atomic E-state index is -0.421. The molecule has 0 rings (SSSR count). The van der Waals surface area contributed by atoms with E-state index in [1.165, 1.54) is 0 Å². The first-order valence-corrected chi connectivity index (χ1v) is 1.89. The zero-order valence-corrected chi connectivity index (χ0v) is 5.02. The van der Waals surface area contributed by atoms with Crippen LogP contribution in [-0.2, 0) is 9.53 Å². The van der Waals surface area contributed by atoms with Crippen molar-refractivity contribution in [2.75, 3.05) is 6.61 Å². The molecule has 0 aliphatic rings. The molecule has 0 aromatic carbocycles. The number of hydrogen-bond donors (Lipinski definition) is 0. The van der Waals surface area contributed by atoms with E-state index in [4.69, 9.17) is 0 Å². The fraction of sp³-hybridized carbons (Fsp3) is 0.200. The van der Waals surface area contributed by atoms with Crippen molar-refractivity contribution in [1.29, 1.82) is 0 Å². The third-order valence-electron chi connectivity index (χ3n) is 0.411. The SMILES string of the molecule is C=CC(=O)OC[CH2-].[Li+]. The van der Waals surface area contributed by atoms with Crippen molar-refractivity contribution in [3.05, 3.63) is 19.6 Å². The van der Waals surface area contributed by atoms with E-state index in [-0.39, 0.29) is 25.5 Å². The second-order valence-corrected chi connectivity index (χ2v) is 0.872. The van der Waals surface area contributed by atoms with Gasteiger partial charge in [-0.15, -0.1) is 0 Å². The zero-order valence-electron chi connectivity index (χ0n) is 5.02. The molecule has 0 fully saturated rings. The van der Waals surface area contributed by atoms with Crippen LogP contribution in [-0.4, -0.2) is 12.6 Å². The standard InChI is InChI=1S/C5H7O2.Li/c1-3-5(6)7-4-2;/h3H,1-2,4H2;/q-1;+1. The normalized spacial score (nSPS) is 6.62. The van der Waals surface area contributed by atoms with Crippen LogP contribution in [0.25, 0.3) is 0 Å². The molecule has 2 nitrogen and oxygen atoms in total. The smallest absolute Gasteiger partial charge is 0.496 e. The van der Waals surface area contributed by atoms with Gasteiger partial charge in [0, 0.05) is 6.08 Å². The molecular weight excluding hydrogens is 99.0 g/mol. The Bertz CT molecular complexity index is 80.5. The summed E-state index contributed by atoms with van der Waals surface area (Å²) in [5, 5.41) is 0. The number of esters is 1. The Morgan fingerprint density at radius 1 is 1.88 bits per heavy atom. The summed E-state index contributed by atoms with van der Waals surface area (Å²) in [5.41, 5.74) is 0. The van der Waals surface area contributed by atoms with Gasteiger partial charge in [0.2, 0.25) is 0 Å². The first-order valence-electron chi connectivity index (χ1n) is 1.89. The number of hydrogen-bond acceptors (Lipinski definition) is 2. The van der Waals surface area contributed by atoms with Crippen LogP contribution in [0.15, 0.2) is 12.7 Å². The monoisotopic (exact) mass is 106 g/mol. The molecule has 3 heteroatoms. The van der Waals surface area contributed by atoms with Crippen LogP contribution >= 0.6 is 0 Å². The Hall–Kier alpha value is -0.193. The largest absolute Gasteiger partial charge is 1.00 e. The maximum atomic E-state index is 10.0. The van der Waals surface area contributed by atoms with Crippen LogP contribution in [0.4, 0.5) is 0 Å². The molecule has 0 atom stereocenters. The van der Waals surface area contributed by atoms with Gasteiger partial charge >= 0.3 is 24.8 Å². The van der Waals surface area contributed by atoms with E-state index in [0.717, 1.165) is 6.08 Å². The Morgan fingerprint density at radius 2 is 2.38 bits per heavy atom. The fourth-order valence-electron chi connectivity index (χ4n) is 0.160. The Balaban J connectivity index is 0. The first kappa shape index (κ1) is 10.7. The van der Waals surface area contributed by atoms with Crippen LogP contribution in [0.5, 0.6) is 0 Å². The molecule has 0 saturated heterocycles. The molecule has 0 radical (unpaired) electrons. The van der Waals surface area contributed by atoms with Crippen molar-refractivity contribution in [2.24, 2.45) is 0 Å². The van der Waals surface area contributed by atoms with Crippen LogP contribution in [0.1, 0.15) is 0 Å². The summed E-state index contributed by atoms with van der Waals surface area (Å²) in [7, 11) is 0. The number of ether oxygens (including phenoxy) is 1. The third kappa shape index (κ3) is 5.81. The van der Waals surface area contributed by atoms with Gasteiger partial charge in [-0.05, 0) is 6.61 Å². The number of carbonyl (C=O) groups excluding carboxylic acids is 1. The predicted octanol–water partition coefficient (Wildman–Crippen LogP) is -2.45. The Kier molecular flexibility index (Phi) is 9.13. The first-order chi connectivity index (χ1) is 3.31. The average Bonchev–Trinajstić information content (AvgIpc) is 1.68. The minimum absolute atomic E-state index is 0. The van der Waals surface area contributed by atoms with Crippen molar-refractivity contribution >= 4 is 5.97 Å². The quantitative estimate of drug-likeness (QED) is 0.169. The summed E-state index contributed by atoms with van der Waals surface area (Å²) in [4.78, 5) is 10.0. The molecule has 0 aliphatic heterocycles. The molecule has 0 saturated carbocycles. The van der Waals surface area contributed by atoms with Crippen LogP contribution in [0.3, 0.4) is 0 Å². The third-order valence-corrected chi connectivity index (χ3v) is 0.411. The number of carbonyl (C=O) groups is 1. The topological polar surface area (TPSA) is 26.3 Å². The fourth-order valence-corrected chi connectivity index (χ4v) is 0.160. The van der Waals surface area contributed by atoms with Gasteiger partial charge in [0.05, 0.1) is 0 Å². The van der Waals surface area contributed by atoms with E-state index in [1.54, 1.807) is 0 Å². The molecule has 0 spiro atoms. The van der Waals surface area contributed by atoms with E-state index in [0.29, 0.717) is 0 Å². The van der Waals surface area contributed by atoms with E-state index in [1.807, 2.05) is 0 Å². The summed E-state index contributed by atoms with van der Waals surface area (Å²) in [5.74, 6) is -0.421. The molecule has 0 aromatic heterocycles. The van der Waals surface area contributed by atoms with Gasteiger partial charge in [-0.1, -0.05) is 6.58 Å². The summed E-state index contributed by atoms with van der Waals surface area (Å²) in [6, 6.07) is 0. The van der Waals surface area contributed by atoms with Crippen molar-refractivity contribution in [2.45, 2.75) is 0 Å². The summed E-state index contributed by atoms with van der Waals surface area (Å²) < 4.78 is 4.32. The molecular formula is C5H7LiO2.